The Morgan fingerprint density at radius 3 is 2.77 bits per heavy atom. The minimum Gasteiger partial charge on any atom is -0.338 e. The fraction of sp³-hybridized carbons (Fsp3) is 0.219. The molecule has 0 spiro atoms. The average molecular weight is 521 g/mol. The standard InChI is InChI=1S/C32H33FN6/c1-20-13-24(16-26(33)14-20)27-10-11-35-32-28(27)17-30(36-32)31-22(3)29(37-38-31)9-8-21(2)25-15-23(18-34-19-25)7-6-12-39(4)5/h8-11,13-19,37H,3,6-7,12H2,1-2,4-5H3,(H,35,36)/b21-8+,29-9+. The van der Waals surface area contributed by atoms with E-state index in [2.05, 4.69) is 69.8 Å². The van der Waals surface area contributed by atoms with Gasteiger partial charge in [-0.2, -0.15) is 5.10 Å². The Morgan fingerprint density at radius 2 is 1.97 bits per heavy atom. The van der Waals surface area contributed by atoms with E-state index in [0.717, 1.165) is 74.6 Å². The first-order valence-corrected chi connectivity index (χ1v) is 13.0. The molecule has 0 radical (unpaired) electrons. The Hall–Kier alpha value is -4.36. The van der Waals surface area contributed by atoms with Crippen LogP contribution in [0.1, 0.15) is 30.0 Å². The number of fused-ring (bicyclic) bond motifs is 1. The molecular weight excluding hydrogens is 487 g/mol. The third kappa shape index (κ3) is 5.89. The van der Waals surface area contributed by atoms with Crippen LogP contribution in [0, 0.1) is 12.7 Å². The van der Waals surface area contributed by atoms with Crippen molar-refractivity contribution in [3.63, 3.8) is 0 Å². The number of benzene rings is 1. The van der Waals surface area contributed by atoms with Crippen LogP contribution in [0.25, 0.3) is 51.8 Å². The van der Waals surface area contributed by atoms with Crippen LogP contribution in [-0.2, 0) is 6.42 Å². The molecular formula is C32H33FN6. The van der Waals surface area contributed by atoms with Crippen LogP contribution in [0.5, 0.6) is 0 Å². The van der Waals surface area contributed by atoms with Crippen molar-refractivity contribution in [3.05, 3.63) is 94.1 Å². The second-order valence-corrected chi connectivity index (χ2v) is 10.3. The summed E-state index contributed by atoms with van der Waals surface area (Å²) in [5, 5.41) is 10.2. The van der Waals surface area contributed by atoms with E-state index in [1.54, 1.807) is 12.3 Å². The lowest BCUT2D eigenvalue weighted by Gasteiger charge is -2.09. The third-order valence-electron chi connectivity index (χ3n) is 6.86. The molecule has 0 bridgehead atoms. The number of nitrogens with one attached hydrogen (secondary N) is 2. The van der Waals surface area contributed by atoms with Gasteiger partial charge in [-0.05, 0) is 117 Å². The highest BCUT2D eigenvalue weighted by Crippen LogP contribution is 2.31. The predicted octanol–water partition coefficient (Wildman–Crippen LogP) is 5.25. The number of aromatic nitrogens is 5. The molecule has 4 heterocycles. The fourth-order valence-corrected chi connectivity index (χ4v) is 4.78. The summed E-state index contributed by atoms with van der Waals surface area (Å²) in [7, 11) is 4.18. The van der Waals surface area contributed by atoms with Crippen LogP contribution in [0.3, 0.4) is 0 Å². The average Bonchev–Trinajstić information content (AvgIpc) is 3.49. The summed E-state index contributed by atoms with van der Waals surface area (Å²) in [4.78, 5) is 14.5. The monoisotopic (exact) mass is 520 g/mol. The van der Waals surface area contributed by atoms with E-state index in [0.29, 0.717) is 5.65 Å². The van der Waals surface area contributed by atoms with Gasteiger partial charge in [-0.1, -0.05) is 18.7 Å². The normalized spacial score (nSPS) is 12.7. The number of nitrogens with zero attached hydrogens (tertiary/aromatic N) is 4. The highest BCUT2D eigenvalue weighted by atomic mass is 19.1. The lowest BCUT2D eigenvalue weighted by Crippen LogP contribution is -2.21. The van der Waals surface area contributed by atoms with E-state index in [1.165, 1.54) is 11.6 Å². The van der Waals surface area contributed by atoms with Crippen LogP contribution in [0.15, 0.2) is 61.1 Å². The number of aryl methyl sites for hydroxylation is 2. The third-order valence-corrected chi connectivity index (χ3v) is 6.86. The SMILES string of the molecule is C=c1c(-c2cc3c(-c4cc(C)cc(F)c4)ccnc3[nH]2)n[nH]/c1=C/C=C(\C)c1cncc(CCCN(C)C)c1. The van der Waals surface area contributed by atoms with Crippen molar-refractivity contribution in [1.29, 1.82) is 0 Å². The summed E-state index contributed by atoms with van der Waals surface area (Å²) < 4.78 is 14.1. The maximum atomic E-state index is 14.1. The predicted molar refractivity (Wildman–Crippen MR) is 158 cm³/mol. The van der Waals surface area contributed by atoms with E-state index >= 15 is 0 Å². The summed E-state index contributed by atoms with van der Waals surface area (Å²) in [5.41, 5.74) is 8.27. The quantitative estimate of drug-likeness (QED) is 0.293. The van der Waals surface area contributed by atoms with E-state index in [9.17, 15) is 4.39 Å². The summed E-state index contributed by atoms with van der Waals surface area (Å²) >= 11 is 0. The smallest absolute Gasteiger partial charge is 0.138 e. The topological polar surface area (TPSA) is 73.5 Å². The number of pyridine rings is 2. The summed E-state index contributed by atoms with van der Waals surface area (Å²) in [6.45, 7) is 9.31. The van der Waals surface area contributed by atoms with E-state index < -0.39 is 0 Å². The van der Waals surface area contributed by atoms with Gasteiger partial charge in [0.1, 0.15) is 17.2 Å². The molecule has 0 aliphatic heterocycles. The Morgan fingerprint density at radius 1 is 1.13 bits per heavy atom. The van der Waals surface area contributed by atoms with Crippen molar-refractivity contribution in [2.45, 2.75) is 26.7 Å². The Labute approximate surface area is 227 Å². The first-order valence-electron chi connectivity index (χ1n) is 13.0. The maximum Gasteiger partial charge on any atom is 0.138 e. The molecule has 7 heteroatoms. The van der Waals surface area contributed by atoms with Gasteiger partial charge in [-0.25, -0.2) is 9.37 Å². The fourth-order valence-electron chi connectivity index (χ4n) is 4.78. The molecule has 0 saturated carbocycles. The second kappa shape index (κ2) is 11.2. The molecule has 0 saturated heterocycles. The lowest BCUT2D eigenvalue weighted by molar-refractivity contribution is 0.400. The van der Waals surface area contributed by atoms with Gasteiger partial charge in [0.15, 0.2) is 0 Å². The molecule has 4 aromatic heterocycles. The molecule has 0 atom stereocenters. The largest absolute Gasteiger partial charge is 0.338 e. The van der Waals surface area contributed by atoms with Crippen molar-refractivity contribution in [2.24, 2.45) is 0 Å². The van der Waals surface area contributed by atoms with Crippen LogP contribution >= 0.6 is 0 Å². The molecule has 1 aromatic carbocycles. The highest BCUT2D eigenvalue weighted by Gasteiger charge is 2.13. The highest BCUT2D eigenvalue weighted by molar-refractivity contribution is 5.96. The minimum absolute atomic E-state index is 0.256. The van der Waals surface area contributed by atoms with Crippen LogP contribution in [-0.4, -0.2) is 50.7 Å². The van der Waals surface area contributed by atoms with Gasteiger partial charge in [-0.15, -0.1) is 0 Å². The molecule has 39 heavy (non-hydrogen) atoms. The number of allylic oxidation sites excluding steroid dienone is 2. The van der Waals surface area contributed by atoms with Gasteiger partial charge < -0.3 is 9.88 Å². The Bertz CT molecular complexity index is 1760. The zero-order valence-electron chi connectivity index (χ0n) is 22.8. The molecule has 0 aliphatic rings. The van der Waals surface area contributed by atoms with Crippen LogP contribution in [0.4, 0.5) is 4.39 Å². The van der Waals surface area contributed by atoms with Gasteiger partial charge in [0.05, 0.1) is 11.0 Å². The van der Waals surface area contributed by atoms with E-state index in [1.807, 2.05) is 43.6 Å². The molecule has 0 fully saturated rings. The summed E-state index contributed by atoms with van der Waals surface area (Å²) in [6.07, 6.45) is 11.7. The molecule has 6 nitrogen and oxygen atoms in total. The van der Waals surface area contributed by atoms with E-state index in [4.69, 9.17) is 0 Å². The van der Waals surface area contributed by atoms with Crippen molar-refractivity contribution in [1.82, 2.24) is 30.0 Å². The molecule has 0 aliphatic carbocycles. The zero-order valence-corrected chi connectivity index (χ0v) is 22.8. The van der Waals surface area contributed by atoms with Gasteiger partial charge >= 0.3 is 0 Å². The van der Waals surface area contributed by atoms with Crippen molar-refractivity contribution in [2.75, 3.05) is 20.6 Å². The van der Waals surface area contributed by atoms with Gasteiger partial charge in [-0.3, -0.25) is 10.1 Å². The molecule has 0 amide bonds. The van der Waals surface area contributed by atoms with Crippen molar-refractivity contribution in [3.8, 4) is 22.5 Å². The van der Waals surface area contributed by atoms with Crippen molar-refractivity contribution < 1.29 is 4.39 Å². The number of hydrogen-bond donors (Lipinski definition) is 2. The van der Waals surface area contributed by atoms with Gasteiger partial charge in [0.25, 0.3) is 0 Å². The van der Waals surface area contributed by atoms with Crippen LogP contribution in [0.2, 0.25) is 0 Å². The summed E-state index contributed by atoms with van der Waals surface area (Å²) in [5.74, 6) is -0.256. The number of rotatable bonds is 8. The molecule has 198 valence electrons. The van der Waals surface area contributed by atoms with Crippen molar-refractivity contribution >= 4 is 29.3 Å². The number of halogens is 1. The van der Waals surface area contributed by atoms with Gasteiger partial charge in [0, 0.05) is 29.2 Å². The Kier molecular flexibility index (Phi) is 7.52. The second-order valence-electron chi connectivity index (χ2n) is 10.3. The van der Waals surface area contributed by atoms with E-state index in [-0.39, 0.29) is 5.82 Å². The number of aromatic amines is 2. The molecule has 5 aromatic rings. The minimum atomic E-state index is -0.256. The number of H-pyrrole nitrogens is 2. The molecule has 5 rings (SSSR count). The molecule has 2 N–H and O–H groups in total. The Balaban J connectivity index is 1.43. The molecule has 0 unspecified atom stereocenters. The first kappa shape index (κ1) is 26.3. The van der Waals surface area contributed by atoms with Gasteiger partial charge in [0.2, 0.25) is 0 Å². The summed E-state index contributed by atoms with van der Waals surface area (Å²) in [6, 6.07) is 11.2. The van der Waals surface area contributed by atoms with Crippen LogP contribution < -0.4 is 10.6 Å². The first-order chi connectivity index (χ1) is 18.8. The zero-order chi connectivity index (χ0) is 27.5. The lowest BCUT2D eigenvalue weighted by atomic mass is 10.0. The number of hydrogen-bond acceptors (Lipinski definition) is 4. The maximum absolute atomic E-state index is 14.1.